The highest BCUT2D eigenvalue weighted by Crippen LogP contribution is 2.29. The largest absolute Gasteiger partial charge is 0.497 e. The Morgan fingerprint density at radius 3 is 2.39 bits per heavy atom. The van der Waals surface area contributed by atoms with Gasteiger partial charge < -0.3 is 19.2 Å². The summed E-state index contributed by atoms with van der Waals surface area (Å²) in [7, 11) is 0.794. The van der Waals surface area contributed by atoms with E-state index in [-0.39, 0.29) is 17.2 Å². The molecule has 0 aliphatic rings. The van der Waals surface area contributed by atoms with Gasteiger partial charge in [0.2, 0.25) is 10.0 Å². The van der Waals surface area contributed by atoms with Crippen LogP contribution in [0.5, 0.6) is 11.5 Å². The van der Waals surface area contributed by atoms with Gasteiger partial charge >= 0.3 is 0 Å². The van der Waals surface area contributed by atoms with E-state index in [1.807, 2.05) is 6.92 Å². The van der Waals surface area contributed by atoms with E-state index in [1.54, 1.807) is 48.5 Å². The number of benzene rings is 2. The number of furan rings is 1. The number of amides is 1. The third-order valence-corrected chi connectivity index (χ3v) is 6.47. The molecule has 0 radical (unpaired) electrons. The number of carbonyl (C=O) groups excluding carboxylic acids is 1. The molecular weight excluding hydrogens is 420 g/mol. The fourth-order valence-corrected chi connectivity index (χ4v) is 4.00. The van der Waals surface area contributed by atoms with Gasteiger partial charge in [0.05, 0.1) is 31.3 Å². The minimum atomic E-state index is -3.68. The lowest BCUT2D eigenvalue weighted by molar-refractivity contribution is 0.0994. The zero-order chi connectivity index (χ0) is 22.6. The monoisotopic (exact) mass is 444 g/mol. The first-order chi connectivity index (χ1) is 14.7. The van der Waals surface area contributed by atoms with Crippen LogP contribution in [0.15, 0.2) is 63.9 Å². The van der Waals surface area contributed by atoms with E-state index in [0.717, 1.165) is 5.56 Å². The van der Waals surface area contributed by atoms with Gasteiger partial charge in [-0.25, -0.2) is 8.42 Å². The summed E-state index contributed by atoms with van der Waals surface area (Å²) in [5.74, 6) is 0.925. The van der Waals surface area contributed by atoms with E-state index in [1.165, 1.54) is 31.6 Å². The molecule has 0 fully saturated rings. The summed E-state index contributed by atoms with van der Waals surface area (Å²) in [6.45, 7) is 1.87. The molecule has 1 aromatic heterocycles. The highest BCUT2D eigenvalue weighted by molar-refractivity contribution is 7.89. The standard InChI is InChI=1S/C22H24N2O6S/c1-15-5-9-18(10-6-15)31(26,27)24(2)14-17-8-12-20(30-17)22(25)23-19-11-7-16(28-3)13-21(19)29-4/h5-13H,14H2,1-4H3,(H,23,25). The number of methoxy groups -OCH3 is 2. The predicted octanol–water partition coefficient (Wildman–Crippen LogP) is 3.68. The summed E-state index contributed by atoms with van der Waals surface area (Å²) >= 11 is 0. The van der Waals surface area contributed by atoms with Gasteiger partial charge in [-0.1, -0.05) is 17.7 Å². The summed E-state index contributed by atoms with van der Waals surface area (Å²) in [6, 6.07) is 14.7. The maximum absolute atomic E-state index is 12.7. The van der Waals surface area contributed by atoms with Gasteiger partial charge in [0, 0.05) is 13.1 Å². The molecule has 0 atom stereocenters. The molecule has 0 spiro atoms. The van der Waals surface area contributed by atoms with Crippen molar-refractivity contribution >= 4 is 21.6 Å². The number of ether oxygens (including phenoxy) is 2. The van der Waals surface area contributed by atoms with Crippen LogP contribution >= 0.6 is 0 Å². The average molecular weight is 445 g/mol. The number of aryl methyl sites for hydroxylation is 1. The van der Waals surface area contributed by atoms with Crippen molar-refractivity contribution in [2.75, 3.05) is 26.6 Å². The lowest BCUT2D eigenvalue weighted by Crippen LogP contribution is -2.26. The zero-order valence-corrected chi connectivity index (χ0v) is 18.5. The van der Waals surface area contributed by atoms with Crippen molar-refractivity contribution in [2.24, 2.45) is 0 Å². The first-order valence-corrected chi connectivity index (χ1v) is 10.8. The molecule has 1 N–H and O–H groups in total. The van der Waals surface area contributed by atoms with E-state index in [2.05, 4.69) is 5.32 Å². The molecule has 0 aliphatic heterocycles. The predicted molar refractivity (Wildman–Crippen MR) is 116 cm³/mol. The molecule has 0 saturated carbocycles. The quantitative estimate of drug-likeness (QED) is 0.569. The Labute approximate surface area is 181 Å². The van der Waals surface area contributed by atoms with Crippen molar-refractivity contribution in [3.05, 3.63) is 71.7 Å². The Morgan fingerprint density at radius 1 is 1.03 bits per heavy atom. The molecule has 3 aromatic rings. The van der Waals surface area contributed by atoms with E-state index in [9.17, 15) is 13.2 Å². The van der Waals surface area contributed by atoms with Gasteiger partial charge in [-0.3, -0.25) is 4.79 Å². The number of nitrogens with zero attached hydrogens (tertiary/aromatic N) is 1. The minimum absolute atomic E-state index is 0.0185. The number of sulfonamides is 1. The summed E-state index contributed by atoms with van der Waals surface area (Å²) in [5, 5.41) is 2.71. The van der Waals surface area contributed by atoms with E-state index in [4.69, 9.17) is 13.9 Å². The SMILES string of the molecule is COc1ccc(NC(=O)c2ccc(CN(C)S(=O)(=O)c3ccc(C)cc3)o2)c(OC)c1. The van der Waals surface area contributed by atoms with Crippen LogP contribution < -0.4 is 14.8 Å². The van der Waals surface area contributed by atoms with Crippen LogP contribution in [0.1, 0.15) is 21.9 Å². The Balaban J connectivity index is 1.71. The minimum Gasteiger partial charge on any atom is -0.497 e. The molecule has 0 bridgehead atoms. The fourth-order valence-electron chi connectivity index (χ4n) is 2.87. The van der Waals surface area contributed by atoms with Gasteiger partial charge in [-0.15, -0.1) is 0 Å². The summed E-state index contributed by atoms with van der Waals surface area (Å²) in [6.07, 6.45) is 0. The molecule has 1 amide bonds. The van der Waals surface area contributed by atoms with Gasteiger partial charge in [-0.2, -0.15) is 4.31 Å². The number of nitrogens with one attached hydrogen (secondary N) is 1. The Hall–Kier alpha value is -3.30. The van der Waals surface area contributed by atoms with E-state index in [0.29, 0.717) is 22.9 Å². The van der Waals surface area contributed by atoms with Crippen LogP contribution in [0, 0.1) is 6.92 Å². The summed E-state index contributed by atoms with van der Waals surface area (Å²) in [4.78, 5) is 12.8. The number of hydrogen-bond donors (Lipinski definition) is 1. The normalized spacial score (nSPS) is 11.4. The van der Waals surface area contributed by atoms with Gasteiger partial charge in [0.15, 0.2) is 5.76 Å². The van der Waals surface area contributed by atoms with Gasteiger partial charge in [0.1, 0.15) is 17.3 Å². The van der Waals surface area contributed by atoms with Crippen LogP contribution in [-0.2, 0) is 16.6 Å². The maximum atomic E-state index is 12.7. The van der Waals surface area contributed by atoms with Crippen molar-refractivity contribution in [3.8, 4) is 11.5 Å². The van der Waals surface area contributed by atoms with Crippen LogP contribution in [0.4, 0.5) is 5.69 Å². The lowest BCUT2D eigenvalue weighted by Gasteiger charge is -2.16. The van der Waals surface area contributed by atoms with Crippen molar-refractivity contribution in [3.63, 3.8) is 0 Å². The Bertz CT molecular complexity index is 1170. The molecule has 0 unspecified atom stereocenters. The molecule has 9 heteroatoms. The van der Waals surface area contributed by atoms with Gasteiger partial charge in [0.25, 0.3) is 5.91 Å². The molecule has 164 valence electrons. The Kier molecular flexibility index (Phi) is 6.67. The highest BCUT2D eigenvalue weighted by atomic mass is 32.2. The third kappa shape index (κ3) is 5.07. The fraction of sp³-hybridized carbons (Fsp3) is 0.227. The third-order valence-electron chi connectivity index (χ3n) is 4.65. The second kappa shape index (κ2) is 9.23. The van der Waals surface area contributed by atoms with Crippen molar-refractivity contribution in [1.29, 1.82) is 0 Å². The van der Waals surface area contributed by atoms with E-state index < -0.39 is 15.9 Å². The topological polar surface area (TPSA) is 98.1 Å². The molecule has 1 heterocycles. The molecule has 3 rings (SSSR count). The zero-order valence-electron chi connectivity index (χ0n) is 17.7. The van der Waals surface area contributed by atoms with Crippen LogP contribution in [0.2, 0.25) is 0 Å². The molecular formula is C22H24N2O6S. The maximum Gasteiger partial charge on any atom is 0.291 e. The second-order valence-corrected chi connectivity index (χ2v) is 8.91. The van der Waals surface area contributed by atoms with Crippen LogP contribution in [0.25, 0.3) is 0 Å². The smallest absolute Gasteiger partial charge is 0.291 e. The molecule has 0 saturated heterocycles. The first-order valence-electron chi connectivity index (χ1n) is 9.39. The number of anilines is 1. The average Bonchev–Trinajstić information content (AvgIpc) is 3.23. The van der Waals surface area contributed by atoms with Crippen molar-refractivity contribution in [2.45, 2.75) is 18.4 Å². The second-order valence-electron chi connectivity index (χ2n) is 6.86. The summed E-state index contributed by atoms with van der Waals surface area (Å²) < 4.78 is 42.6. The first kappa shape index (κ1) is 22.4. The highest BCUT2D eigenvalue weighted by Gasteiger charge is 2.23. The van der Waals surface area contributed by atoms with E-state index >= 15 is 0 Å². The molecule has 2 aromatic carbocycles. The number of carbonyl (C=O) groups is 1. The summed E-state index contributed by atoms with van der Waals surface area (Å²) in [5.41, 5.74) is 1.42. The molecule has 8 nitrogen and oxygen atoms in total. The molecule has 31 heavy (non-hydrogen) atoms. The van der Waals surface area contributed by atoms with Gasteiger partial charge in [-0.05, 0) is 43.3 Å². The number of rotatable bonds is 8. The van der Waals surface area contributed by atoms with Crippen LogP contribution in [-0.4, -0.2) is 39.9 Å². The van der Waals surface area contributed by atoms with Crippen molar-refractivity contribution in [1.82, 2.24) is 4.31 Å². The molecule has 0 aliphatic carbocycles. The van der Waals surface area contributed by atoms with Crippen LogP contribution in [0.3, 0.4) is 0 Å². The Morgan fingerprint density at radius 2 is 1.74 bits per heavy atom. The van der Waals surface area contributed by atoms with Crippen molar-refractivity contribution < 1.29 is 27.1 Å². The number of hydrogen-bond acceptors (Lipinski definition) is 6. The lowest BCUT2D eigenvalue weighted by atomic mass is 10.2.